The molecule has 0 aliphatic carbocycles. The zero-order valence-electron chi connectivity index (χ0n) is 2.80. The Morgan fingerprint density at radius 1 is 0.833 bits per heavy atom. The largest absolute Gasteiger partial charge is 0.564 e. The Kier molecular flexibility index (Phi) is 6.41. The summed E-state index contributed by atoms with van der Waals surface area (Å²) in [6, 6.07) is 0. The van der Waals surface area contributed by atoms with E-state index in [4.69, 9.17) is 40.2 Å². The van der Waals surface area contributed by atoms with Crippen LogP contribution in [0.2, 0.25) is 0 Å². The molecule has 0 radical (unpaired) electrons. The minimum absolute atomic E-state index is 0. The molecule has 0 unspecified atom stereocenters. The van der Waals surface area contributed by atoms with Crippen LogP contribution in [0.1, 0.15) is 0 Å². The fourth-order valence-electron chi connectivity index (χ4n) is 0. The first kappa shape index (κ1) is 10.6. The second kappa shape index (κ2) is 3.63. The van der Waals surface area contributed by atoms with Gasteiger partial charge in [-0.1, -0.05) is 0 Å². The van der Waals surface area contributed by atoms with Crippen LogP contribution in [0.4, 0.5) is 0 Å². The summed E-state index contributed by atoms with van der Waals surface area (Å²) in [6.07, 6.45) is 0. The zero-order valence-corrected chi connectivity index (χ0v) is 6.97. The first-order valence-corrected chi connectivity index (χ1v) is 7.86. The molecular formula is H3AlCl4N-. The van der Waals surface area contributed by atoms with Crippen molar-refractivity contribution in [2.24, 2.45) is 0 Å². The van der Waals surface area contributed by atoms with Gasteiger partial charge in [-0.2, -0.15) is 0 Å². The zero-order chi connectivity index (χ0) is 4.50. The minimum atomic E-state index is -2.94. The fraction of sp³-hybridized carbons (Fsp3) is 0. The lowest BCUT2D eigenvalue weighted by Crippen LogP contribution is -1.91. The molecule has 0 aliphatic rings. The Bertz CT molecular complexity index is 23.0. The van der Waals surface area contributed by atoms with Gasteiger partial charge < -0.3 is 46.3 Å². The average Bonchev–Trinajstić information content (AvgIpc) is 0.722. The molecule has 1 nitrogen and oxygen atoms in total. The highest BCUT2D eigenvalue weighted by Crippen LogP contribution is 2.23. The monoisotopic (exact) mass is 184 g/mol. The molecule has 0 bridgehead atoms. The number of hydrogen-bond donors (Lipinski definition) is 1. The number of halogens is 4. The van der Waals surface area contributed by atoms with Gasteiger partial charge >= 0.3 is 9.39 Å². The van der Waals surface area contributed by atoms with E-state index in [1.165, 1.54) is 0 Å². The SMILES string of the molecule is N.[Cl][Al-]([Cl])([Cl])[Cl]. The molecule has 6 heavy (non-hydrogen) atoms. The highest BCUT2D eigenvalue weighted by atomic mass is 35.9. The Balaban J connectivity index is 0. The quantitative estimate of drug-likeness (QED) is 0.579. The molecule has 0 saturated heterocycles. The molecular weight excluding hydrogens is 183 g/mol. The average molecular weight is 186 g/mol. The molecule has 40 valence electrons. The Hall–Kier alpha value is 1.65. The summed E-state index contributed by atoms with van der Waals surface area (Å²) in [4.78, 5) is 0. The first-order chi connectivity index (χ1) is 2.00. The molecule has 0 rings (SSSR count). The summed E-state index contributed by atoms with van der Waals surface area (Å²) in [7, 11) is 17.0. The summed E-state index contributed by atoms with van der Waals surface area (Å²) >= 11 is 0. The van der Waals surface area contributed by atoms with Gasteiger partial charge in [-0.3, -0.25) is 0 Å². The molecule has 6 heteroatoms. The highest BCUT2D eigenvalue weighted by Gasteiger charge is 2.14. The predicted octanol–water partition coefficient (Wildman–Crippen LogP) is 2.54. The third-order valence-corrected chi connectivity index (χ3v) is 0. The Labute approximate surface area is 55.6 Å². The van der Waals surface area contributed by atoms with E-state index in [2.05, 4.69) is 0 Å². The summed E-state index contributed by atoms with van der Waals surface area (Å²) < 4.78 is 0. The molecule has 0 aromatic rings. The van der Waals surface area contributed by atoms with Crippen molar-refractivity contribution in [3.8, 4) is 0 Å². The van der Waals surface area contributed by atoms with Crippen molar-refractivity contribution in [1.82, 2.24) is 6.15 Å². The molecule has 0 amide bonds. The molecule has 0 fully saturated rings. The van der Waals surface area contributed by atoms with E-state index >= 15 is 0 Å². The van der Waals surface area contributed by atoms with Crippen LogP contribution in [0.15, 0.2) is 0 Å². The standard InChI is InChI=1S/Al.4ClH.H3N/h;4*1H;1H3/q+3;;;;;/p-4. The molecule has 0 heterocycles. The second-order valence-electron chi connectivity index (χ2n) is 0.495. The molecule has 0 aromatic heterocycles. The van der Waals surface area contributed by atoms with Crippen LogP contribution in [0, 0.1) is 0 Å². The van der Waals surface area contributed by atoms with Crippen LogP contribution >= 0.6 is 40.2 Å². The van der Waals surface area contributed by atoms with Crippen molar-refractivity contribution in [3.05, 3.63) is 0 Å². The van der Waals surface area contributed by atoms with Crippen molar-refractivity contribution < 1.29 is 0 Å². The number of hydrogen-bond acceptors (Lipinski definition) is 1. The van der Waals surface area contributed by atoms with E-state index in [-0.39, 0.29) is 6.15 Å². The summed E-state index contributed by atoms with van der Waals surface area (Å²) in [5.41, 5.74) is 0. The summed E-state index contributed by atoms with van der Waals surface area (Å²) in [5, 5.41) is 0. The Morgan fingerprint density at radius 2 is 0.833 bits per heavy atom. The first-order valence-electron chi connectivity index (χ1n) is 0.873. The van der Waals surface area contributed by atoms with Gasteiger partial charge in [0.2, 0.25) is 0 Å². The van der Waals surface area contributed by atoms with Crippen LogP contribution in [-0.2, 0) is 0 Å². The van der Waals surface area contributed by atoms with Gasteiger partial charge in [-0.25, -0.2) is 0 Å². The lowest BCUT2D eigenvalue weighted by atomic mass is 14.0. The van der Waals surface area contributed by atoms with Gasteiger partial charge in [0.15, 0.2) is 0 Å². The van der Waals surface area contributed by atoms with E-state index in [0.717, 1.165) is 0 Å². The topological polar surface area (TPSA) is 35.0 Å². The van der Waals surface area contributed by atoms with Crippen molar-refractivity contribution in [1.29, 1.82) is 0 Å². The lowest BCUT2D eigenvalue weighted by Gasteiger charge is -1.97. The van der Waals surface area contributed by atoms with Crippen molar-refractivity contribution in [2.75, 3.05) is 0 Å². The smallest absolute Gasteiger partial charge is 0.391 e. The minimum Gasteiger partial charge on any atom is -0.391 e. The molecule has 0 atom stereocenters. The van der Waals surface area contributed by atoms with E-state index < -0.39 is 9.39 Å². The maximum Gasteiger partial charge on any atom is 0.564 e. The lowest BCUT2D eigenvalue weighted by molar-refractivity contribution is 2.13. The Morgan fingerprint density at radius 3 is 0.833 bits per heavy atom. The number of rotatable bonds is 0. The maximum atomic E-state index is 4.99. The van der Waals surface area contributed by atoms with E-state index in [9.17, 15) is 0 Å². The van der Waals surface area contributed by atoms with Crippen LogP contribution in [0.25, 0.3) is 0 Å². The molecule has 0 saturated carbocycles. The van der Waals surface area contributed by atoms with Gasteiger partial charge in [0.25, 0.3) is 0 Å². The van der Waals surface area contributed by atoms with E-state index in [1.807, 2.05) is 0 Å². The van der Waals surface area contributed by atoms with Crippen molar-refractivity contribution >= 4 is 49.6 Å². The summed E-state index contributed by atoms with van der Waals surface area (Å²) in [5.74, 6) is 0. The third kappa shape index (κ3) is 44.8. The van der Waals surface area contributed by atoms with Gasteiger partial charge in [-0.05, 0) is 0 Å². The third-order valence-electron chi connectivity index (χ3n) is 0. The predicted molar refractivity (Wildman–Crippen MR) is 34.2 cm³/mol. The van der Waals surface area contributed by atoms with Crippen LogP contribution < -0.4 is 6.15 Å². The molecule has 0 aliphatic heterocycles. The normalized spacial score (nSPS) is 10.0. The van der Waals surface area contributed by atoms with Crippen LogP contribution in [-0.4, -0.2) is 9.39 Å². The van der Waals surface area contributed by atoms with Gasteiger partial charge in [0, 0.05) is 0 Å². The van der Waals surface area contributed by atoms with E-state index in [0.29, 0.717) is 0 Å². The van der Waals surface area contributed by atoms with Crippen LogP contribution in [0.5, 0.6) is 0 Å². The van der Waals surface area contributed by atoms with Gasteiger partial charge in [0.1, 0.15) is 0 Å². The van der Waals surface area contributed by atoms with E-state index in [1.54, 1.807) is 0 Å². The maximum absolute atomic E-state index is 4.99. The second-order valence-corrected chi connectivity index (χ2v) is 13.4. The summed E-state index contributed by atoms with van der Waals surface area (Å²) in [6.45, 7) is 0. The molecule has 0 aromatic carbocycles. The molecule has 3 N–H and O–H groups in total. The van der Waals surface area contributed by atoms with Gasteiger partial charge in [-0.15, -0.1) is 0 Å². The highest BCUT2D eigenvalue weighted by molar-refractivity contribution is 7.81. The van der Waals surface area contributed by atoms with Gasteiger partial charge in [0.05, 0.1) is 0 Å². The molecule has 0 spiro atoms. The van der Waals surface area contributed by atoms with Crippen LogP contribution in [0.3, 0.4) is 0 Å². The fourth-order valence-corrected chi connectivity index (χ4v) is 0. The van der Waals surface area contributed by atoms with Crippen molar-refractivity contribution in [2.45, 2.75) is 0 Å². The van der Waals surface area contributed by atoms with Crippen molar-refractivity contribution in [3.63, 3.8) is 0 Å².